The molecule has 0 bridgehead atoms. The first kappa shape index (κ1) is 20.5. The Morgan fingerprint density at radius 3 is 2.17 bits per heavy atom. The molecule has 3 aromatic rings. The van der Waals surface area contributed by atoms with Crippen molar-refractivity contribution in [3.8, 4) is 11.5 Å². The number of non-ortho nitro benzene ring substituents is 1. The van der Waals surface area contributed by atoms with Gasteiger partial charge in [0, 0.05) is 12.1 Å². The molecule has 8 nitrogen and oxygen atoms in total. The summed E-state index contributed by atoms with van der Waals surface area (Å²) in [5.74, 6) is -0.592. The van der Waals surface area contributed by atoms with Crippen LogP contribution in [0.5, 0.6) is 11.5 Å². The van der Waals surface area contributed by atoms with Crippen molar-refractivity contribution >= 4 is 17.6 Å². The summed E-state index contributed by atoms with van der Waals surface area (Å²) >= 11 is 0. The third kappa shape index (κ3) is 5.65. The molecule has 8 heteroatoms. The second-order valence-electron chi connectivity index (χ2n) is 6.02. The second kappa shape index (κ2) is 9.83. The average Bonchev–Trinajstić information content (AvgIpc) is 2.77. The molecule has 0 saturated carbocycles. The number of nitro benzene ring substituents is 1. The van der Waals surface area contributed by atoms with E-state index in [1.807, 2.05) is 18.2 Å². The first-order chi connectivity index (χ1) is 14.5. The fraction of sp³-hybridized carbons (Fsp3) is 0.0909. The lowest BCUT2D eigenvalue weighted by atomic mass is 10.2. The number of carbonyl (C=O) groups excluding carboxylic acids is 2. The van der Waals surface area contributed by atoms with Crippen molar-refractivity contribution < 1.29 is 28.7 Å². The Balaban J connectivity index is 1.56. The predicted molar refractivity (Wildman–Crippen MR) is 107 cm³/mol. The Bertz CT molecular complexity index is 1050. The van der Waals surface area contributed by atoms with E-state index in [4.69, 9.17) is 14.2 Å². The summed E-state index contributed by atoms with van der Waals surface area (Å²) < 4.78 is 15.8. The summed E-state index contributed by atoms with van der Waals surface area (Å²) in [6, 6.07) is 20.2. The smallest absolute Gasteiger partial charge is 0.343 e. The van der Waals surface area contributed by atoms with E-state index in [9.17, 15) is 19.7 Å². The molecule has 0 aliphatic heterocycles. The van der Waals surface area contributed by atoms with Gasteiger partial charge in [0.05, 0.1) is 16.1 Å². The molecular formula is C22H17NO7. The molecule has 0 amide bonds. The number of hydrogen-bond donors (Lipinski definition) is 0. The third-order valence-electron chi connectivity index (χ3n) is 3.90. The summed E-state index contributed by atoms with van der Waals surface area (Å²) in [7, 11) is 0. The van der Waals surface area contributed by atoms with Crippen molar-refractivity contribution in [2.45, 2.75) is 0 Å². The summed E-state index contributed by atoms with van der Waals surface area (Å²) in [6.45, 7) is 0.239. The predicted octanol–water partition coefficient (Wildman–Crippen LogP) is 4.05. The highest BCUT2D eigenvalue weighted by molar-refractivity contribution is 5.93. The van der Waals surface area contributed by atoms with E-state index in [1.54, 1.807) is 12.1 Å². The molecule has 0 N–H and O–H groups in total. The van der Waals surface area contributed by atoms with Gasteiger partial charge in [-0.2, -0.15) is 0 Å². The summed E-state index contributed by atoms with van der Waals surface area (Å²) in [6.07, 6.45) is 0. The highest BCUT2D eigenvalue weighted by atomic mass is 16.6. The third-order valence-corrected chi connectivity index (χ3v) is 3.90. The molecule has 0 aliphatic carbocycles. The molecule has 0 fully saturated rings. The molecule has 0 spiro atoms. The zero-order valence-electron chi connectivity index (χ0n) is 15.7. The van der Waals surface area contributed by atoms with Crippen LogP contribution >= 0.6 is 0 Å². The van der Waals surface area contributed by atoms with Crippen molar-refractivity contribution in [2.75, 3.05) is 13.2 Å². The molecular weight excluding hydrogens is 390 g/mol. The lowest BCUT2D eigenvalue weighted by Gasteiger charge is -2.08. The second-order valence-corrected chi connectivity index (χ2v) is 6.02. The van der Waals surface area contributed by atoms with Gasteiger partial charge < -0.3 is 14.2 Å². The summed E-state index contributed by atoms with van der Waals surface area (Å²) in [5.41, 5.74) is -0.00575. The number of para-hydroxylation sites is 1. The SMILES string of the molecule is O=C(OCCOc1ccccc1)c1cccc(OC(=O)c2cccc([N+](=O)[O-])c2)c1. The molecule has 0 aromatic heterocycles. The van der Waals surface area contributed by atoms with Gasteiger partial charge in [0.25, 0.3) is 5.69 Å². The van der Waals surface area contributed by atoms with Crippen LogP contribution in [0.1, 0.15) is 20.7 Å². The van der Waals surface area contributed by atoms with Crippen LogP contribution < -0.4 is 9.47 Å². The fourth-order valence-corrected chi connectivity index (χ4v) is 2.49. The molecule has 3 rings (SSSR count). The highest BCUT2D eigenvalue weighted by Gasteiger charge is 2.15. The van der Waals surface area contributed by atoms with Crippen molar-refractivity contribution in [1.82, 2.24) is 0 Å². The minimum absolute atomic E-state index is 0.0234. The van der Waals surface area contributed by atoms with Crippen LogP contribution in [0, 0.1) is 10.1 Å². The topological polar surface area (TPSA) is 105 Å². The van der Waals surface area contributed by atoms with Gasteiger partial charge in [0.15, 0.2) is 0 Å². The van der Waals surface area contributed by atoms with Crippen LogP contribution in [0.2, 0.25) is 0 Å². The molecule has 0 heterocycles. The van der Waals surface area contributed by atoms with Gasteiger partial charge in [-0.05, 0) is 36.4 Å². The lowest BCUT2D eigenvalue weighted by molar-refractivity contribution is -0.384. The van der Waals surface area contributed by atoms with Gasteiger partial charge in [-0.25, -0.2) is 9.59 Å². The van der Waals surface area contributed by atoms with E-state index in [1.165, 1.54) is 42.5 Å². The van der Waals surface area contributed by atoms with Crippen molar-refractivity contribution in [3.05, 3.63) is 100 Å². The van der Waals surface area contributed by atoms with E-state index in [0.29, 0.717) is 5.75 Å². The summed E-state index contributed by atoms with van der Waals surface area (Å²) in [5, 5.41) is 10.8. The quantitative estimate of drug-likeness (QED) is 0.182. The molecule has 0 saturated heterocycles. The first-order valence-electron chi connectivity index (χ1n) is 8.94. The largest absolute Gasteiger partial charge is 0.490 e. The first-order valence-corrected chi connectivity index (χ1v) is 8.94. The van der Waals surface area contributed by atoms with Gasteiger partial charge in [0.1, 0.15) is 24.7 Å². The Morgan fingerprint density at radius 1 is 0.767 bits per heavy atom. The minimum Gasteiger partial charge on any atom is -0.490 e. The van der Waals surface area contributed by atoms with Crippen molar-refractivity contribution in [3.63, 3.8) is 0 Å². The lowest BCUT2D eigenvalue weighted by Crippen LogP contribution is -2.13. The van der Waals surface area contributed by atoms with Gasteiger partial charge in [-0.15, -0.1) is 0 Å². The number of nitrogens with zero attached hydrogens (tertiary/aromatic N) is 1. The van der Waals surface area contributed by atoms with Crippen LogP contribution in [0.25, 0.3) is 0 Å². The molecule has 3 aromatic carbocycles. The monoisotopic (exact) mass is 407 g/mol. The Morgan fingerprint density at radius 2 is 1.43 bits per heavy atom. The van der Waals surface area contributed by atoms with E-state index < -0.39 is 16.9 Å². The Labute approximate surface area is 171 Å². The number of benzene rings is 3. The van der Waals surface area contributed by atoms with E-state index in [0.717, 1.165) is 6.07 Å². The molecule has 0 unspecified atom stereocenters. The maximum atomic E-state index is 12.2. The van der Waals surface area contributed by atoms with Crippen LogP contribution in [0.3, 0.4) is 0 Å². The number of carbonyl (C=O) groups is 2. The normalized spacial score (nSPS) is 10.1. The number of ether oxygens (including phenoxy) is 3. The maximum absolute atomic E-state index is 12.2. The van der Waals surface area contributed by atoms with E-state index >= 15 is 0 Å². The average molecular weight is 407 g/mol. The van der Waals surface area contributed by atoms with Crippen LogP contribution in [-0.4, -0.2) is 30.1 Å². The number of rotatable bonds is 8. The number of hydrogen-bond acceptors (Lipinski definition) is 7. The van der Waals surface area contributed by atoms with Crippen LogP contribution in [-0.2, 0) is 4.74 Å². The van der Waals surface area contributed by atoms with Gasteiger partial charge in [0.2, 0.25) is 0 Å². The van der Waals surface area contributed by atoms with Gasteiger partial charge in [-0.3, -0.25) is 10.1 Å². The zero-order valence-corrected chi connectivity index (χ0v) is 15.7. The Hall–Kier alpha value is -4.20. The summed E-state index contributed by atoms with van der Waals surface area (Å²) in [4.78, 5) is 34.7. The van der Waals surface area contributed by atoms with E-state index in [-0.39, 0.29) is 35.8 Å². The standard InChI is InChI=1S/C22H17NO7/c24-21(29-13-12-28-19-9-2-1-3-10-19)17-7-5-11-20(15-17)30-22(25)16-6-4-8-18(14-16)23(26)27/h1-11,14-15H,12-13H2. The fourth-order valence-electron chi connectivity index (χ4n) is 2.49. The highest BCUT2D eigenvalue weighted by Crippen LogP contribution is 2.18. The molecule has 0 radical (unpaired) electrons. The van der Waals surface area contributed by atoms with Crippen LogP contribution in [0.15, 0.2) is 78.9 Å². The molecule has 152 valence electrons. The molecule has 0 atom stereocenters. The minimum atomic E-state index is -0.777. The Kier molecular flexibility index (Phi) is 6.73. The van der Waals surface area contributed by atoms with Gasteiger partial charge >= 0.3 is 11.9 Å². The maximum Gasteiger partial charge on any atom is 0.343 e. The van der Waals surface area contributed by atoms with Crippen molar-refractivity contribution in [2.24, 2.45) is 0 Å². The molecule has 0 aliphatic rings. The number of nitro groups is 1. The van der Waals surface area contributed by atoms with Gasteiger partial charge in [-0.1, -0.05) is 30.3 Å². The number of esters is 2. The molecule has 30 heavy (non-hydrogen) atoms. The van der Waals surface area contributed by atoms with Crippen molar-refractivity contribution in [1.29, 1.82) is 0 Å². The van der Waals surface area contributed by atoms with Crippen LogP contribution in [0.4, 0.5) is 5.69 Å². The van der Waals surface area contributed by atoms with E-state index in [2.05, 4.69) is 0 Å². The zero-order chi connectivity index (χ0) is 21.3.